The minimum Gasteiger partial charge on any atom is -0.370 e. The normalized spacial score (nSPS) is 14.9. The SMILES string of the molecule is O=C(NCc1cnc2nc1NCCCNS(=O)(=O)c1cccc(c1)N2)Nc1ccc(F)cc1. The van der Waals surface area contributed by atoms with Gasteiger partial charge in [0.2, 0.25) is 16.0 Å². The summed E-state index contributed by atoms with van der Waals surface area (Å²) in [6, 6.07) is 11.3. The number of anilines is 4. The van der Waals surface area contributed by atoms with E-state index in [1.165, 1.54) is 36.4 Å². The molecule has 3 aromatic rings. The maximum Gasteiger partial charge on any atom is 0.319 e. The Bertz CT molecular complexity index is 1250. The molecule has 4 rings (SSSR count). The Balaban J connectivity index is 1.49. The van der Waals surface area contributed by atoms with Crippen molar-refractivity contribution in [1.82, 2.24) is 20.0 Å². The molecule has 2 aromatic carbocycles. The highest BCUT2D eigenvalue weighted by Gasteiger charge is 2.16. The fourth-order valence-corrected chi connectivity index (χ4v) is 4.21. The number of benzene rings is 2. The number of carbonyl (C=O) groups is 1. The zero-order valence-electron chi connectivity index (χ0n) is 17.4. The second kappa shape index (κ2) is 9.79. The maximum absolute atomic E-state index is 13.0. The number of rotatable bonds is 3. The van der Waals surface area contributed by atoms with Crippen LogP contribution in [0, 0.1) is 5.82 Å². The first-order valence-electron chi connectivity index (χ1n) is 10.2. The summed E-state index contributed by atoms with van der Waals surface area (Å²) in [5.41, 5.74) is 1.62. The van der Waals surface area contributed by atoms with Gasteiger partial charge in [0.1, 0.15) is 11.6 Å². The van der Waals surface area contributed by atoms with E-state index in [0.717, 1.165) is 0 Å². The molecule has 1 aliphatic rings. The molecule has 1 aliphatic heterocycles. The van der Waals surface area contributed by atoms with Gasteiger partial charge in [0.05, 0.1) is 4.90 Å². The summed E-state index contributed by atoms with van der Waals surface area (Å²) >= 11 is 0. The minimum atomic E-state index is -3.62. The van der Waals surface area contributed by atoms with Gasteiger partial charge in [-0.1, -0.05) is 6.07 Å². The molecule has 4 bridgehead atoms. The molecular weight excluding hydrogens is 449 g/mol. The number of urea groups is 1. The standard InChI is InChI=1S/C21H22FN7O3S/c22-15-5-7-16(8-6-15)28-21(30)25-13-14-12-24-20-27-17-3-1-4-18(11-17)33(31,32)26-10-2-9-23-19(14)29-20/h1,3-8,11-12,26H,2,9-10,13H2,(H2,25,28,30)(H2,23,24,27,29). The topological polar surface area (TPSA) is 137 Å². The third-order valence-corrected chi connectivity index (χ3v) is 6.20. The maximum atomic E-state index is 13.0. The summed E-state index contributed by atoms with van der Waals surface area (Å²) in [5, 5.41) is 11.5. The molecule has 0 atom stereocenters. The van der Waals surface area contributed by atoms with Gasteiger partial charge < -0.3 is 21.3 Å². The predicted molar refractivity (Wildman–Crippen MR) is 122 cm³/mol. The molecule has 0 spiro atoms. The summed E-state index contributed by atoms with van der Waals surface area (Å²) in [6.45, 7) is 0.835. The second-order valence-corrected chi connectivity index (χ2v) is 8.98. The van der Waals surface area contributed by atoms with E-state index in [2.05, 4.69) is 36.0 Å². The molecule has 0 fully saturated rings. The Hall–Kier alpha value is -3.77. The number of carbonyl (C=O) groups excluding carboxylic acids is 1. The monoisotopic (exact) mass is 471 g/mol. The van der Waals surface area contributed by atoms with Crippen molar-refractivity contribution in [2.75, 3.05) is 29.0 Å². The summed E-state index contributed by atoms with van der Waals surface area (Å²) in [4.78, 5) is 21.1. The molecule has 172 valence electrons. The lowest BCUT2D eigenvalue weighted by atomic mass is 10.3. The summed E-state index contributed by atoms with van der Waals surface area (Å²) in [7, 11) is -3.62. The van der Waals surface area contributed by atoms with E-state index in [1.54, 1.807) is 18.3 Å². The van der Waals surface area contributed by atoms with Crippen molar-refractivity contribution in [3.8, 4) is 0 Å². The Labute approximate surface area is 190 Å². The molecule has 0 unspecified atom stereocenters. The first-order chi connectivity index (χ1) is 15.9. The highest BCUT2D eigenvalue weighted by molar-refractivity contribution is 7.89. The molecule has 0 saturated heterocycles. The van der Waals surface area contributed by atoms with Gasteiger partial charge in [0, 0.05) is 42.8 Å². The van der Waals surface area contributed by atoms with E-state index in [4.69, 9.17) is 0 Å². The molecule has 2 heterocycles. The van der Waals surface area contributed by atoms with Crippen LogP contribution in [0.1, 0.15) is 12.0 Å². The Morgan fingerprint density at radius 3 is 2.76 bits per heavy atom. The molecule has 0 aliphatic carbocycles. The van der Waals surface area contributed by atoms with E-state index in [9.17, 15) is 17.6 Å². The van der Waals surface area contributed by atoms with Crippen molar-refractivity contribution in [1.29, 1.82) is 0 Å². The van der Waals surface area contributed by atoms with Crippen LogP contribution < -0.4 is 26.0 Å². The highest BCUT2D eigenvalue weighted by atomic mass is 32.2. The lowest BCUT2D eigenvalue weighted by molar-refractivity contribution is 0.251. The number of halogens is 1. The first-order valence-corrected chi connectivity index (χ1v) is 11.6. The Morgan fingerprint density at radius 1 is 1.12 bits per heavy atom. The van der Waals surface area contributed by atoms with Gasteiger partial charge in [-0.05, 0) is 48.9 Å². The van der Waals surface area contributed by atoms with E-state index in [1.807, 2.05) is 0 Å². The van der Waals surface area contributed by atoms with Crippen molar-refractivity contribution >= 4 is 39.2 Å². The van der Waals surface area contributed by atoms with Gasteiger partial charge in [-0.15, -0.1) is 0 Å². The van der Waals surface area contributed by atoms with E-state index < -0.39 is 21.9 Å². The Morgan fingerprint density at radius 2 is 1.94 bits per heavy atom. The van der Waals surface area contributed by atoms with E-state index in [-0.39, 0.29) is 23.9 Å². The highest BCUT2D eigenvalue weighted by Crippen LogP contribution is 2.21. The van der Waals surface area contributed by atoms with Crippen LogP contribution in [0.4, 0.5) is 32.3 Å². The fourth-order valence-electron chi connectivity index (χ4n) is 3.09. The van der Waals surface area contributed by atoms with Crippen LogP contribution in [0.2, 0.25) is 0 Å². The first kappa shape index (κ1) is 22.4. The van der Waals surface area contributed by atoms with Crippen molar-refractivity contribution < 1.29 is 17.6 Å². The number of hydrogen-bond donors (Lipinski definition) is 5. The Kier molecular flexibility index (Phi) is 6.66. The predicted octanol–water partition coefficient (Wildman–Crippen LogP) is 2.77. The zero-order valence-corrected chi connectivity index (χ0v) is 18.2. The average Bonchev–Trinajstić information content (AvgIpc) is 2.80. The average molecular weight is 472 g/mol. The molecule has 12 heteroatoms. The minimum absolute atomic E-state index is 0.137. The van der Waals surface area contributed by atoms with Crippen molar-refractivity contribution in [2.24, 2.45) is 0 Å². The second-order valence-electron chi connectivity index (χ2n) is 7.21. The van der Waals surface area contributed by atoms with Crippen LogP contribution in [-0.2, 0) is 16.6 Å². The van der Waals surface area contributed by atoms with Crippen LogP contribution >= 0.6 is 0 Å². The molecule has 33 heavy (non-hydrogen) atoms. The van der Waals surface area contributed by atoms with Gasteiger partial charge in [-0.3, -0.25) is 0 Å². The fraction of sp³-hybridized carbons (Fsp3) is 0.190. The number of fused-ring (bicyclic) bond motifs is 4. The third-order valence-electron chi connectivity index (χ3n) is 4.74. The van der Waals surface area contributed by atoms with Crippen LogP contribution in [0.5, 0.6) is 0 Å². The lowest BCUT2D eigenvalue weighted by Gasteiger charge is -2.14. The van der Waals surface area contributed by atoms with Crippen molar-refractivity contribution in [2.45, 2.75) is 17.9 Å². The smallest absolute Gasteiger partial charge is 0.319 e. The van der Waals surface area contributed by atoms with Gasteiger partial charge in [-0.2, -0.15) is 4.98 Å². The molecule has 1 aromatic heterocycles. The third kappa shape index (κ3) is 5.93. The molecule has 5 N–H and O–H groups in total. The van der Waals surface area contributed by atoms with Gasteiger partial charge in [0.25, 0.3) is 0 Å². The summed E-state index contributed by atoms with van der Waals surface area (Å²) in [6.07, 6.45) is 2.10. The number of nitrogens with one attached hydrogen (secondary N) is 5. The van der Waals surface area contributed by atoms with Gasteiger partial charge in [-0.25, -0.2) is 27.3 Å². The molecule has 2 amide bonds. The van der Waals surface area contributed by atoms with Gasteiger partial charge >= 0.3 is 6.03 Å². The number of hydrogen-bond acceptors (Lipinski definition) is 7. The summed E-state index contributed by atoms with van der Waals surface area (Å²) < 4.78 is 40.5. The molecule has 10 nitrogen and oxygen atoms in total. The van der Waals surface area contributed by atoms with Gasteiger partial charge in [0.15, 0.2) is 0 Å². The zero-order chi connectivity index (χ0) is 23.3. The van der Waals surface area contributed by atoms with Crippen molar-refractivity contribution in [3.63, 3.8) is 0 Å². The van der Waals surface area contributed by atoms with Crippen LogP contribution in [0.15, 0.2) is 59.6 Å². The summed E-state index contributed by atoms with van der Waals surface area (Å²) in [5.74, 6) is 0.393. The van der Waals surface area contributed by atoms with Crippen LogP contribution in [0.25, 0.3) is 0 Å². The van der Waals surface area contributed by atoms with Crippen LogP contribution in [0.3, 0.4) is 0 Å². The number of nitrogens with zero attached hydrogens (tertiary/aromatic N) is 2. The van der Waals surface area contributed by atoms with E-state index >= 15 is 0 Å². The number of aromatic nitrogens is 2. The molecule has 0 saturated carbocycles. The van der Waals surface area contributed by atoms with E-state index in [0.29, 0.717) is 35.7 Å². The number of amides is 2. The van der Waals surface area contributed by atoms with Crippen LogP contribution in [-0.4, -0.2) is 37.5 Å². The largest absolute Gasteiger partial charge is 0.370 e. The quantitative estimate of drug-likeness (QED) is 0.396. The molecule has 0 radical (unpaired) electrons. The molecular formula is C21H22FN7O3S. The lowest BCUT2D eigenvalue weighted by Crippen LogP contribution is -2.29. The van der Waals surface area contributed by atoms with Crippen molar-refractivity contribution in [3.05, 3.63) is 66.1 Å². The number of sulfonamides is 1.